The lowest BCUT2D eigenvalue weighted by molar-refractivity contribution is -0.136. The Morgan fingerprint density at radius 2 is 1.62 bits per heavy atom. The van der Waals surface area contributed by atoms with Crippen molar-refractivity contribution in [1.29, 1.82) is 0 Å². The largest absolute Gasteiger partial charge is 0.339 e. The van der Waals surface area contributed by atoms with Gasteiger partial charge in [0.25, 0.3) is 0 Å². The maximum atomic E-state index is 13.4. The van der Waals surface area contributed by atoms with Crippen LogP contribution in [0.25, 0.3) is 0 Å². The molecule has 0 saturated carbocycles. The Labute approximate surface area is 141 Å². The molecule has 0 aliphatic carbocycles. The topological polar surface area (TPSA) is 46.3 Å². The standard InChI is InChI=1S/C19H22F2N2O/c1-12(18(22)14-7-5-4-6-8-14)19(24)23(3)13(2)15-9-10-16(20)17(21)11-15/h4-13,18H,22H2,1-3H3. The predicted octanol–water partition coefficient (Wildman–Crippen LogP) is 3.82. The highest BCUT2D eigenvalue weighted by Gasteiger charge is 2.28. The van der Waals surface area contributed by atoms with Gasteiger partial charge in [0.15, 0.2) is 11.6 Å². The summed E-state index contributed by atoms with van der Waals surface area (Å²) in [6, 6.07) is 12.2. The van der Waals surface area contributed by atoms with Gasteiger partial charge in [0.2, 0.25) is 5.91 Å². The summed E-state index contributed by atoms with van der Waals surface area (Å²) in [6.45, 7) is 3.54. The van der Waals surface area contributed by atoms with Gasteiger partial charge in [-0.25, -0.2) is 8.78 Å². The van der Waals surface area contributed by atoms with Gasteiger partial charge >= 0.3 is 0 Å². The second-order valence-corrected chi connectivity index (χ2v) is 6.02. The van der Waals surface area contributed by atoms with Gasteiger partial charge in [-0.15, -0.1) is 0 Å². The number of benzene rings is 2. The molecule has 0 spiro atoms. The molecule has 24 heavy (non-hydrogen) atoms. The third-order valence-electron chi connectivity index (χ3n) is 4.47. The molecule has 2 N–H and O–H groups in total. The van der Waals surface area contributed by atoms with Crippen LogP contribution in [0.15, 0.2) is 48.5 Å². The normalized spacial score (nSPS) is 14.8. The van der Waals surface area contributed by atoms with Gasteiger partial charge in [-0.05, 0) is 30.2 Å². The van der Waals surface area contributed by atoms with Crippen LogP contribution in [0.1, 0.15) is 37.1 Å². The first-order chi connectivity index (χ1) is 11.3. The zero-order valence-electron chi connectivity index (χ0n) is 14.0. The highest BCUT2D eigenvalue weighted by atomic mass is 19.2. The third-order valence-corrected chi connectivity index (χ3v) is 4.47. The molecular formula is C19H22F2N2O. The number of nitrogens with two attached hydrogens (primary N) is 1. The van der Waals surface area contributed by atoms with Crippen molar-refractivity contribution in [2.75, 3.05) is 7.05 Å². The first-order valence-electron chi connectivity index (χ1n) is 7.85. The SMILES string of the molecule is CC(C(=O)N(C)C(C)c1ccc(F)c(F)c1)C(N)c1ccccc1. The van der Waals surface area contributed by atoms with Gasteiger partial charge in [-0.3, -0.25) is 4.79 Å². The Morgan fingerprint density at radius 3 is 2.21 bits per heavy atom. The fraction of sp³-hybridized carbons (Fsp3) is 0.316. The first kappa shape index (κ1) is 18.1. The number of halogens is 2. The van der Waals surface area contributed by atoms with E-state index in [1.807, 2.05) is 30.3 Å². The molecule has 0 saturated heterocycles. The summed E-state index contributed by atoms with van der Waals surface area (Å²) in [6.07, 6.45) is 0. The fourth-order valence-corrected chi connectivity index (χ4v) is 2.63. The van der Waals surface area contributed by atoms with E-state index in [0.29, 0.717) is 5.56 Å². The second kappa shape index (κ2) is 7.53. The summed E-state index contributed by atoms with van der Waals surface area (Å²) in [5.74, 6) is -2.41. The number of carbonyl (C=O) groups is 1. The molecule has 5 heteroatoms. The van der Waals surface area contributed by atoms with Crippen LogP contribution in [0, 0.1) is 17.6 Å². The van der Waals surface area contributed by atoms with Gasteiger partial charge < -0.3 is 10.6 Å². The quantitative estimate of drug-likeness (QED) is 0.905. The van der Waals surface area contributed by atoms with Gasteiger partial charge in [-0.2, -0.15) is 0 Å². The molecule has 3 nitrogen and oxygen atoms in total. The fourth-order valence-electron chi connectivity index (χ4n) is 2.63. The minimum absolute atomic E-state index is 0.149. The lowest BCUT2D eigenvalue weighted by Crippen LogP contribution is -2.38. The third kappa shape index (κ3) is 3.79. The molecule has 0 fully saturated rings. The predicted molar refractivity (Wildman–Crippen MR) is 90.1 cm³/mol. The molecule has 0 bridgehead atoms. The number of hydrogen-bond acceptors (Lipinski definition) is 2. The van der Waals surface area contributed by atoms with Gasteiger partial charge in [-0.1, -0.05) is 43.3 Å². The van der Waals surface area contributed by atoms with Crippen molar-refractivity contribution in [3.8, 4) is 0 Å². The maximum absolute atomic E-state index is 13.4. The van der Waals surface area contributed by atoms with E-state index < -0.39 is 29.6 Å². The van der Waals surface area contributed by atoms with Crippen LogP contribution in [0.3, 0.4) is 0 Å². The smallest absolute Gasteiger partial charge is 0.227 e. The van der Waals surface area contributed by atoms with Gasteiger partial charge in [0.05, 0.1) is 12.0 Å². The average Bonchev–Trinajstić information content (AvgIpc) is 2.61. The van der Waals surface area contributed by atoms with Crippen molar-refractivity contribution < 1.29 is 13.6 Å². The summed E-state index contributed by atoms with van der Waals surface area (Å²) in [5, 5.41) is 0. The van der Waals surface area contributed by atoms with E-state index in [-0.39, 0.29) is 5.91 Å². The summed E-state index contributed by atoms with van der Waals surface area (Å²) in [7, 11) is 1.64. The van der Waals surface area contributed by atoms with Crippen molar-refractivity contribution in [2.45, 2.75) is 25.9 Å². The van der Waals surface area contributed by atoms with Crippen LogP contribution < -0.4 is 5.73 Å². The van der Waals surface area contributed by atoms with Crippen molar-refractivity contribution >= 4 is 5.91 Å². The van der Waals surface area contributed by atoms with E-state index in [4.69, 9.17) is 5.73 Å². The second-order valence-electron chi connectivity index (χ2n) is 6.02. The van der Waals surface area contributed by atoms with E-state index in [1.165, 1.54) is 11.0 Å². The molecule has 3 unspecified atom stereocenters. The number of amides is 1. The van der Waals surface area contributed by atoms with Gasteiger partial charge in [0.1, 0.15) is 0 Å². The lowest BCUT2D eigenvalue weighted by Gasteiger charge is -2.30. The highest BCUT2D eigenvalue weighted by molar-refractivity contribution is 5.79. The Hall–Kier alpha value is -2.27. The molecule has 128 valence electrons. The van der Waals surface area contributed by atoms with E-state index in [2.05, 4.69) is 0 Å². The van der Waals surface area contributed by atoms with E-state index in [9.17, 15) is 13.6 Å². The van der Waals surface area contributed by atoms with E-state index in [1.54, 1.807) is 20.9 Å². The molecule has 0 aliphatic rings. The molecule has 2 rings (SSSR count). The molecule has 0 heterocycles. The zero-order valence-corrected chi connectivity index (χ0v) is 14.0. The minimum Gasteiger partial charge on any atom is -0.339 e. The molecule has 0 aliphatic heterocycles. The number of hydrogen-bond donors (Lipinski definition) is 1. The zero-order chi connectivity index (χ0) is 17.9. The van der Waals surface area contributed by atoms with Crippen LogP contribution in [0.2, 0.25) is 0 Å². The first-order valence-corrected chi connectivity index (χ1v) is 7.85. The van der Waals surface area contributed by atoms with Crippen molar-refractivity contribution in [1.82, 2.24) is 4.90 Å². The number of nitrogens with zero attached hydrogens (tertiary/aromatic N) is 1. The Morgan fingerprint density at radius 1 is 1.00 bits per heavy atom. The average molecular weight is 332 g/mol. The molecule has 0 radical (unpaired) electrons. The summed E-state index contributed by atoms with van der Waals surface area (Å²) in [4.78, 5) is 14.2. The Balaban J connectivity index is 2.14. The molecular weight excluding hydrogens is 310 g/mol. The Kier molecular flexibility index (Phi) is 5.67. The van der Waals surface area contributed by atoms with Crippen LogP contribution in [0.5, 0.6) is 0 Å². The van der Waals surface area contributed by atoms with Crippen LogP contribution in [-0.4, -0.2) is 17.9 Å². The monoisotopic (exact) mass is 332 g/mol. The number of rotatable bonds is 5. The molecule has 3 atom stereocenters. The lowest BCUT2D eigenvalue weighted by atomic mass is 9.93. The summed E-state index contributed by atoms with van der Waals surface area (Å²) >= 11 is 0. The summed E-state index contributed by atoms with van der Waals surface area (Å²) in [5.41, 5.74) is 7.62. The minimum atomic E-state index is -0.922. The maximum Gasteiger partial charge on any atom is 0.227 e. The van der Waals surface area contributed by atoms with E-state index >= 15 is 0 Å². The highest BCUT2D eigenvalue weighted by Crippen LogP contribution is 2.26. The molecule has 1 amide bonds. The van der Waals surface area contributed by atoms with Crippen LogP contribution in [-0.2, 0) is 4.79 Å². The molecule has 2 aromatic rings. The van der Waals surface area contributed by atoms with Crippen molar-refractivity contribution in [3.05, 3.63) is 71.3 Å². The molecule has 0 aromatic heterocycles. The van der Waals surface area contributed by atoms with Crippen molar-refractivity contribution in [2.24, 2.45) is 11.7 Å². The number of carbonyl (C=O) groups excluding carboxylic acids is 1. The molecule has 2 aromatic carbocycles. The summed E-state index contributed by atoms with van der Waals surface area (Å²) < 4.78 is 26.5. The van der Waals surface area contributed by atoms with E-state index in [0.717, 1.165) is 17.7 Å². The van der Waals surface area contributed by atoms with Crippen LogP contribution in [0.4, 0.5) is 8.78 Å². The Bertz CT molecular complexity index is 706. The van der Waals surface area contributed by atoms with Gasteiger partial charge in [0, 0.05) is 13.1 Å². The van der Waals surface area contributed by atoms with Crippen molar-refractivity contribution in [3.63, 3.8) is 0 Å². The van der Waals surface area contributed by atoms with Crippen LogP contribution >= 0.6 is 0 Å².